The molecule has 1 aromatic carbocycles. The van der Waals surface area contributed by atoms with Crippen LogP contribution in [0.15, 0.2) is 30.3 Å². The van der Waals surface area contributed by atoms with Crippen LogP contribution in [0.25, 0.3) is 0 Å². The van der Waals surface area contributed by atoms with Gasteiger partial charge in [-0.05, 0) is 30.5 Å². The summed E-state index contributed by atoms with van der Waals surface area (Å²) in [7, 11) is 1.71. The van der Waals surface area contributed by atoms with Gasteiger partial charge < -0.3 is 10.1 Å². The number of rotatable bonds is 6. The van der Waals surface area contributed by atoms with Gasteiger partial charge in [-0.1, -0.05) is 24.3 Å². The quantitative estimate of drug-likeness (QED) is 0.826. The largest absolute Gasteiger partial charge is 0.383 e. The molecule has 0 saturated heterocycles. The molecule has 0 saturated carbocycles. The van der Waals surface area contributed by atoms with Crippen LogP contribution < -0.4 is 5.32 Å². The summed E-state index contributed by atoms with van der Waals surface area (Å²) in [4.78, 5) is 9.37. The van der Waals surface area contributed by atoms with Crippen LogP contribution in [0.4, 0.5) is 0 Å². The van der Waals surface area contributed by atoms with Crippen molar-refractivity contribution in [1.82, 2.24) is 15.3 Å². The van der Waals surface area contributed by atoms with Gasteiger partial charge in [0.05, 0.1) is 12.3 Å². The first-order valence-electron chi connectivity index (χ1n) is 7.40. The molecule has 0 aliphatic heterocycles. The molecule has 21 heavy (non-hydrogen) atoms. The molecule has 0 spiro atoms. The lowest BCUT2D eigenvalue weighted by atomic mass is 9.77. The molecule has 4 nitrogen and oxygen atoms in total. The molecule has 1 heterocycles. The van der Waals surface area contributed by atoms with Crippen molar-refractivity contribution >= 4 is 0 Å². The summed E-state index contributed by atoms with van der Waals surface area (Å²) in [5.74, 6) is 1.32. The third-order valence-corrected chi connectivity index (χ3v) is 3.88. The van der Waals surface area contributed by atoms with Gasteiger partial charge in [-0.15, -0.1) is 0 Å². The van der Waals surface area contributed by atoms with Gasteiger partial charge in [-0.25, -0.2) is 9.97 Å². The molecular weight excluding hydrogens is 262 g/mol. The first kappa shape index (κ1) is 14.2. The van der Waals surface area contributed by atoms with E-state index in [0.29, 0.717) is 12.5 Å². The number of hydrogen-bond acceptors (Lipinski definition) is 4. The summed E-state index contributed by atoms with van der Waals surface area (Å²) in [6, 6.07) is 10.6. The van der Waals surface area contributed by atoms with E-state index in [-0.39, 0.29) is 0 Å². The van der Waals surface area contributed by atoms with Crippen LogP contribution in [0.2, 0.25) is 0 Å². The molecule has 110 valence electrons. The Morgan fingerprint density at radius 2 is 2.14 bits per heavy atom. The summed E-state index contributed by atoms with van der Waals surface area (Å²) >= 11 is 0. The highest BCUT2D eigenvalue weighted by atomic mass is 16.5. The topological polar surface area (TPSA) is 47.0 Å². The normalized spacial score (nSPS) is 16.4. The van der Waals surface area contributed by atoms with E-state index in [1.165, 1.54) is 11.1 Å². The minimum absolute atomic E-state index is 0.360. The Morgan fingerprint density at radius 3 is 2.95 bits per heavy atom. The van der Waals surface area contributed by atoms with Gasteiger partial charge in [0.2, 0.25) is 0 Å². The fourth-order valence-corrected chi connectivity index (χ4v) is 2.78. The first-order valence-corrected chi connectivity index (χ1v) is 7.40. The average Bonchev–Trinajstić information content (AvgIpc) is 2.44. The van der Waals surface area contributed by atoms with Crippen molar-refractivity contribution in [2.24, 2.45) is 0 Å². The molecule has 4 heteroatoms. The molecule has 1 aromatic heterocycles. The van der Waals surface area contributed by atoms with Crippen LogP contribution in [-0.2, 0) is 17.7 Å². The van der Waals surface area contributed by atoms with Crippen LogP contribution >= 0.6 is 0 Å². The SMILES string of the molecule is COCCNCc1cc(C)nc(C2Cc3ccccc32)n1. The molecule has 1 aliphatic rings. The Kier molecular flexibility index (Phi) is 4.27. The third kappa shape index (κ3) is 3.12. The highest BCUT2D eigenvalue weighted by Crippen LogP contribution is 2.38. The van der Waals surface area contributed by atoms with Gasteiger partial charge in [0.25, 0.3) is 0 Å². The number of nitrogens with one attached hydrogen (secondary N) is 1. The van der Waals surface area contributed by atoms with E-state index in [4.69, 9.17) is 9.72 Å². The van der Waals surface area contributed by atoms with E-state index < -0.39 is 0 Å². The number of ether oxygens (including phenoxy) is 1. The molecule has 3 rings (SSSR count). The molecule has 0 fully saturated rings. The highest BCUT2D eigenvalue weighted by Gasteiger charge is 2.29. The molecule has 0 amide bonds. The Balaban J connectivity index is 1.73. The number of methoxy groups -OCH3 is 1. The number of aromatic nitrogens is 2. The standard InChI is InChI=1S/C17H21N3O/c1-12-9-14(11-18-7-8-21-2)20-17(19-12)16-10-13-5-3-4-6-15(13)16/h3-6,9,16,18H,7-8,10-11H2,1-2H3. The van der Waals surface area contributed by atoms with Crippen LogP contribution in [0.1, 0.15) is 34.3 Å². The van der Waals surface area contributed by atoms with Gasteiger partial charge in [-0.2, -0.15) is 0 Å². The third-order valence-electron chi connectivity index (χ3n) is 3.88. The summed E-state index contributed by atoms with van der Waals surface area (Å²) < 4.78 is 5.04. The van der Waals surface area contributed by atoms with Crippen molar-refractivity contribution in [2.75, 3.05) is 20.3 Å². The van der Waals surface area contributed by atoms with E-state index in [1.807, 2.05) is 13.0 Å². The second-order valence-electron chi connectivity index (χ2n) is 5.48. The van der Waals surface area contributed by atoms with E-state index in [1.54, 1.807) is 7.11 Å². The Bertz CT molecular complexity index is 627. The Hall–Kier alpha value is -1.78. The second kappa shape index (κ2) is 6.33. The lowest BCUT2D eigenvalue weighted by Gasteiger charge is -2.29. The maximum absolute atomic E-state index is 5.04. The van der Waals surface area contributed by atoms with Crippen LogP contribution in [-0.4, -0.2) is 30.2 Å². The van der Waals surface area contributed by atoms with Crippen molar-refractivity contribution in [3.8, 4) is 0 Å². The number of benzene rings is 1. The van der Waals surface area contributed by atoms with Gasteiger partial charge in [-0.3, -0.25) is 0 Å². The predicted octanol–water partition coefficient (Wildman–Crippen LogP) is 2.21. The van der Waals surface area contributed by atoms with Crippen molar-refractivity contribution in [2.45, 2.75) is 25.8 Å². The van der Waals surface area contributed by atoms with Crippen molar-refractivity contribution < 1.29 is 4.74 Å². The highest BCUT2D eigenvalue weighted by molar-refractivity contribution is 5.44. The van der Waals surface area contributed by atoms with Crippen molar-refractivity contribution in [1.29, 1.82) is 0 Å². The van der Waals surface area contributed by atoms with Crippen LogP contribution in [0.5, 0.6) is 0 Å². The van der Waals surface area contributed by atoms with Crippen molar-refractivity contribution in [3.05, 3.63) is 58.7 Å². The molecule has 0 radical (unpaired) electrons. The Morgan fingerprint density at radius 1 is 1.29 bits per heavy atom. The number of nitrogens with zero attached hydrogens (tertiary/aromatic N) is 2. The first-order chi connectivity index (χ1) is 10.3. The second-order valence-corrected chi connectivity index (χ2v) is 5.48. The maximum Gasteiger partial charge on any atom is 0.136 e. The van der Waals surface area contributed by atoms with Crippen molar-refractivity contribution in [3.63, 3.8) is 0 Å². The lowest BCUT2D eigenvalue weighted by molar-refractivity contribution is 0.199. The fourth-order valence-electron chi connectivity index (χ4n) is 2.78. The molecule has 1 N–H and O–H groups in total. The smallest absolute Gasteiger partial charge is 0.136 e. The number of fused-ring (bicyclic) bond motifs is 1. The molecule has 0 bridgehead atoms. The average molecular weight is 283 g/mol. The van der Waals surface area contributed by atoms with E-state index in [9.17, 15) is 0 Å². The summed E-state index contributed by atoms with van der Waals surface area (Å²) in [6.07, 6.45) is 1.05. The molecule has 1 atom stereocenters. The number of hydrogen-bond donors (Lipinski definition) is 1. The van der Waals surface area contributed by atoms with Gasteiger partial charge in [0.15, 0.2) is 0 Å². The van der Waals surface area contributed by atoms with E-state index >= 15 is 0 Å². The molecular formula is C17H21N3O. The molecule has 1 aliphatic carbocycles. The zero-order valence-electron chi connectivity index (χ0n) is 12.6. The lowest BCUT2D eigenvalue weighted by Crippen LogP contribution is -2.23. The van der Waals surface area contributed by atoms with Gasteiger partial charge >= 0.3 is 0 Å². The minimum atomic E-state index is 0.360. The van der Waals surface area contributed by atoms with Gasteiger partial charge in [0, 0.05) is 31.8 Å². The van der Waals surface area contributed by atoms with Crippen LogP contribution in [0, 0.1) is 6.92 Å². The Labute approximate surface area is 125 Å². The number of aryl methyl sites for hydroxylation is 1. The van der Waals surface area contributed by atoms with Gasteiger partial charge in [0.1, 0.15) is 5.82 Å². The maximum atomic E-state index is 5.04. The summed E-state index contributed by atoms with van der Waals surface area (Å²) in [5.41, 5.74) is 4.89. The zero-order valence-corrected chi connectivity index (χ0v) is 12.6. The van der Waals surface area contributed by atoms with E-state index in [0.717, 1.165) is 36.7 Å². The summed E-state index contributed by atoms with van der Waals surface area (Å²) in [6.45, 7) is 4.34. The van der Waals surface area contributed by atoms with Crippen LogP contribution in [0.3, 0.4) is 0 Å². The monoisotopic (exact) mass is 283 g/mol. The summed E-state index contributed by atoms with van der Waals surface area (Å²) in [5, 5.41) is 3.34. The zero-order chi connectivity index (χ0) is 14.7. The van der Waals surface area contributed by atoms with E-state index in [2.05, 4.69) is 34.6 Å². The fraction of sp³-hybridized carbons (Fsp3) is 0.412. The molecule has 2 aromatic rings. The predicted molar refractivity (Wildman–Crippen MR) is 82.3 cm³/mol. The molecule has 1 unspecified atom stereocenters. The minimum Gasteiger partial charge on any atom is -0.383 e.